The monoisotopic (exact) mass is 392 g/mol. The number of benzene rings is 1. The van der Waals surface area contributed by atoms with Crippen LogP contribution in [0.25, 0.3) is 0 Å². The van der Waals surface area contributed by atoms with Crippen molar-refractivity contribution in [2.45, 2.75) is 70.7 Å². The van der Waals surface area contributed by atoms with Gasteiger partial charge in [0.25, 0.3) is 0 Å². The highest BCUT2D eigenvalue weighted by atomic mass is 16.6. The van der Waals surface area contributed by atoms with E-state index in [1.54, 1.807) is 30.2 Å². The Labute approximate surface area is 168 Å². The van der Waals surface area contributed by atoms with Crippen LogP contribution in [0.5, 0.6) is 5.75 Å². The van der Waals surface area contributed by atoms with Crippen LogP contribution in [0.4, 0.5) is 4.79 Å². The first kappa shape index (κ1) is 22.5. The summed E-state index contributed by atoms with van der Waals surface area (Å²) in [4.78, 5) is 14.0. The molecule has 0 atom stereocenters. The van der Waals surface area contributed by atoms with Gasteiger partial charge in [-0.2, -0.15) is 0 Å². The zero-order chi connectivity index (χ0) is 20.9. The predicted octanol–water partition coefficient (Wildman–Crippen LogP) is 1.64. The number of nitrogens with zero attached hydrogens (tertiary/aromatic N) is 1. The molecule has 7 nitrogen and oxygen atoms in total. The van der Waals surface area contributed by atoms with Gasteiger partial charge in [0.05, 0.1) is 7.11 Å². The van der Waals surface area contributed by atoms with Crippen molar-refractivity contribution >= 4 is 18.7 Å². The van der Waals surface area contributed by atoms with Gasteiger partial charge in [-0.3, -0.25) is 0 Å². The van der Waals surface area contributed by atoms with Crippen LogP contribution in [0, 0.1) is 0 Å². The molecule has 1 aromatic rings. The summed E-state index contributed by atoms with van der Waals surface area (Å²) in [5.74, 6) is 0.718. The minimum Gasteiger partial charge on any atom is -0.496 e. The van der Waals surface area contributed by atoms with Crippen molar-refractivity contribution in [2.75, 3.05) is 14.2 Å². The van der Waals surface area contributed by atoms with Gasteiger partial charge in [-0.15, -0.1) is 0 Å². The average molecular weight is 392 g/mol. The molecule has 0 spiro atoms. The summed E-state index contributed by atoms with van der Waals surface area (Å²) in [6.45, 7) is 6.21. The van der Waals surface area contributed by atoms with E-state index in [0.717, 1.165) is 37.0 Å². The standard InChI is InChI=1S/C20H33BN2O5/c1-20(2,3)28-19(24)23(4)17-9-7-16(8-10-17)22-13-14-12-15(21(25)26)6-11-18(14)27-5/h6,11-12,16-17,22,25-26H,7-10,13H2,1-5H3. The van der Waals surface area contributed by atoms with Crippen LogP contribution < -0.4 is 15.5 Å². The maximum absolute atomic E-state index is 12.2. The molecule has 156 valence electrons. The van der Waals surface area contributed by atoms with Crippen LogP contribution in [-0.4, -0.2) is 60.0 Å². The smallest absolute Gasteiger partial charge is 0.488 e. The first-order chi connectivity index (χ1) is 13.1. The number of carbonyl (C=O) groups is 1. The Hall–Kier alpha value is -1.77. The van der Waals surface area contributed by atoms with Crippen LogP contribution in [0.15, 0.2) is 18.2 Å². The molecule has 28 heavy (non-hydrogen) atoms. The molecule has 2 rings (SSSR count). The van der Waals surface area contributed by atoms with E-state index in [9.17, 15) is 14.8 Å². The van der Waals surface area contributed by atoms with Crippen LogP contribution in [-0.2, 0) is 11.3 Å². The van der Waals surface area contributed by atoms with Gasteiger partial charge in [-0.25, -0.2) is 4.79 Å². The maximum Gasteiger partial charge on any atom is 0.488 e. The molecule has 1 aromatic carbocycles. The first-order valence-corrected chi connectivity index (χ1v) is 9.83. The summed E-state index contributed by atoms with van der Waals surface area (Å²) in [5.41, 5.74) is 0.848. The fourth-order valence-electron chi connectivity index (χ4n) is 3.50. The molecule has 1 amide bonds. The van der Waals surface area contributed by atoms with Crippen molar-refractivity contribution in [1.82, 2.24) is 10.2 Å². The van der Waals surface area contributed by atoms with Gasteiger partial charge in [0.1, 0.15) is 11.4 Å². The molecule has 0 aliphatic heterocycles. The van der Waals surface area contributed by atoms with Crippen molar-refractivity contribution in [3.63, 3.8) is 0 Å². The van der Waals surface area contributed by atoms with E-state index in [1.165, 1.54) is 0 Å². The fourth-order valence-corrected chi connectivity index (χ4v) is 3.50. The third-order valence-electron chi connectivity index (χ3n) is 5.11. The second-order valence-corrected chi connectivity index (χ2v) is 8.42. The summed E-state index contributed by atoms with van der Waals surface area (Å²) in [5, 5.41) is 22.3. The number of carbonyl (C=O) groups excluding carboxylic acids is 1. The van der Waals surface area contributed by atoms with Gasteiger partial charge in [0.2, 0.25) is 0 Å². The Bertz CT molecular complexity index is 654. The zero-order valence-corrected chi connectivity index (χ0v) is 17.6. The third-order valence-corrected chi connectivity index (χ3v) is 5.11. The molecule has 0 heterocycles. The molecule has 0 radical (unpaired) electrons. The lowest BCUT2D eigenvalue weighted by Crippen LogP contribution is -2.45. The first-order valence-electron chi connectivity index (χ1n) is 9.83. The van der Waals surface area contributed by atoms with E-state index < -0.39 is 12.7 Å². The second-order valence-electron chi connectivity index (χ2n) is 8.42. The van der Waals surface area contributed by atoms with Crippen LogP contribution in [0.2, 0.25) is 0 Å². The average Bonchev–Trinajstić information content (AvgIpc) is 2.64. The highest BCUT2D eigenvalue weighted by Gasteiger charge is 2.29. The van der Waals surface area contributed by atoms with Gasteiger partial charge in [0.15, 0.2) is 0 Å². The molecule has 1 aliphatic carbocycles. The summed E-state index contributed by atoms with van der Waals surface area (Å²) in [6, 6.07) is 5.67. The molecule has 0 aromatic heterocycles. The summed E-state index contributed by atoms with van der Waals surface area (Å²) >= 11 is 0. The lowest BCUT2D eigenvalue weighted by molar-refractivity contribution is 0.0179. The Balaban J connectivity index is 1.86. The second kappa shape index (κ2) is 9.63. The molecular weight excluding hydrogens is 359 g/mol. The predicted molar refractivity (Wildman–Crippen MR) is 110 cm³/mol. The fraction of sp³-hybridized carbons (Fsp3) is 0.650. The van der Waals surface area contributed by atoms with E-state index in [1.807, 2.05) is 27.8 Å². The SMILES string of the molecule is COc1ccc(B(O)O)cc1CNC1CCC(N(C)C(=O)OC(C)(C)C)CC1. The van der Waals surface area contributed by atoms with Gasteiger partial charge in [-0.05, 0) is 58.0 Å². The topological polar surface area (TPSA) is 91.3 Å². The van der Waals surface area contributed by atoms with E-state index in [-0.39, 0.29) is 12.1 Å². The number of methoxy groups -OCH3 is 1. The lowest BCUT2D eigenvalue weighted by Gasteiger charge is -2.35. The molecule has 1 saturated carbocycles. The Morgan fingerprint density at radius 1 is 1.25 bits per heavy atom. The van der Waals surface area contributed by atoms with Crippen molar-refractivity contribution < 1.29 is 24.3 Å². The van der Waals surface area contributed by atoms with Gasteiger partial charge in [-0.1, -0.05) is 12.1 Å². The Morgan fingerprint density at radius 3 is 2.43 bits per heavy atom. The van der Waals surface area contributed by atoms with Crippen molar-refractivity contribution in [3.8, 4) is 5.75 Å². The minimum absolute atomic E-state index is 0.190. The third kappa shape index (κ3) is 6.39. The molecule has 3 N–H and O–H groups in total. The Kier molecular flexibility index (Phi) is 7.74. The summed E-state index contributed by atoms with van der Waals surface area (Å²) in [6.07, 6.45) is 3.48. The Morgan fingerprint density at radius 2 is 1.89 bits per heavy atom. The highest BCUT2D eigenvalue weighted by molar-refractivity contribution is 6.58. The summed E-state index contributed by atoms with van der Waals surface area (Å²) < 4.78 is 10.8. The largest absolute Gasteiger partial charge is 0.496 e. The zero-order valence-electron chi connectivity index (χ0n) is 17.6. The number of hydrogen-bond acceptors (Lipinski definition) is 6. The van der Waals surface area contributed by atoms with Gasteiger partial charge < -0.3 is 29.7 Å². The van der Waals surface area contributed by atoms with E-state index in [2.05, 4.69) is 5.32 Å². The van der Waals surface area contributed by atoms with E-state index >= 15 is 0 Å². The number of rotatable bonds is 6. The van der Waals surface area contributed by atoms with Gasteiger partial charge in [0, 0.05) is 31.2 Å². The molecule has 1 fully saturated rings. The van der Waals surface area contributed by atoms with Crippen LogP contribution in [0.3, 0.4) is 0 Å². The number of amides is 1. The number of nitrogens with one attached hydrogen (secondary N) is 1. The maximum atomic E-state index is 12.2. The van der Waals surface area contributed by atoms with Crippen molar-refractivity contribution in [2.24, 2.45) is 0 Å². The van der Waals surface area contributed by atoms with Crippen molar-refractivity contribution in [1.29, 1.82) is 0 Å². The molecule has 8 heteroatoms. The summed E-state index contributed by atoms with van der Waals surface area (Å²) in [7, 11) is 1.91. The number of hydrogen-bond donors (Lipinski definition) is 3. The minimum atomic E-state index is -1.50. The quantitative estimate of drug-likeness (QED) is 0.638. The van der Waals surface area contributed by atoms with E-state index in [0.29, 0.717) is 18.0 Å². The normalized spacial score (nSPS) is 19.8. The molecular formula is C20H33BN2O5. The van der Waals surface area contributed by atoms with Gasteiger partial charge >= 0.3 is 13.2 Å². The molecule has 0 unspecified atom stereocenters. The molecule has 1 aliphatic rings. The molecule has 0 bridgehead atoms. The molecule has 0 saturated heterocycles. The van der Waals surface area contributed by atoms with Crippen molar-refractivity contribution in [3.05, 3.63) is 23.8 Å². The van der Waals surface area contributed by atoms with E-state index in [4.69, 9.17) is 9.47 Å². The van der Waals surface area contributed by atoms with Crippen LogP contribution >= 0.6 is 0 Å². The lowest BCUT2D eigenvalue weighted by atomic mass is 9.79. The number of ether oxygens (including phenoxy) is 2. The van der Waals surface area contributed by atoms with Crippen LogP contribution in [0.1, 0.15) is 52.0 Å². The highest BCUT2D eigenvalue weighted by Crippen LogP contribution is 2.25.